The van der Waals surface area contributed by atoms with Crippen LogP contribution in [0.5, 0.6) is 5.75 Å². The lowest BCUT2D eigenvalue weighted by atomic mass is 10.0. The van der Waals surface area contributed by atoms with Crippen molar-refractivity contribution in [3.63, 3.8) is 0 Å². The molecule has 3 aromatic rings. The van der Waals surface area contributed by atoms with Gasteiger partial charge in [-0.15, -0.1) is 0 Å². The fourth-order valence-corrected chi connectivity index (χ4v) is 3.42. The van der Waals surface area contributed by atoms with Gasteiger partial charge in [-0.05, 0) is 55.8 Å². The van der Waals surface area contributed by atoms with Gasteiger partial charge in [-0.25, -0.2) is 13.7 Å². The van der Waals surface area contributed by atoms with Gasteiger partial charge >= 0.3 is 0 Å². The number of nitrogens with zero attached hydrogens (tertiary/aromatic N) is 1. The summed E-state index contributed by atoms with van der Waals surface area (Å²) in [5.41, 5.74) is 1.14. The number of anilines is 2. The number of halogens is 2. The number of ether oxygens (including phenoxy) is 1. The third-order valence-corrected chi connectivity index (χ3v) is 4.80. The second kappa shape index (κ2) is 8.63. The Kier molecular flexibility index (Phi) is 5.73. The van der Waals surface area contributed by atoms with E-state index in [0.717, 1.165) is 17.0 Å². The number of hydrogen-bond acceptors (Lipinski definition) is 4. The van der Waals surface area contributed by atoms with E-state index in [1.165, 1.54) is 6.07 Å². The molecule has 0 unspecified atom stereocenters. The minimum absolute atomic E-state index is 0.0195. The molecule has 1 aliphatic heterocycles. The minimum Gasteiger partial charge on any atom is -0.491 e. The second-order valence-corrected chi connectivity index (χ2v) is 7.48. The topological polar surface area (TPSA) is 58.6 Å². The van der Waals surface area contributed by atoms with Crippen LogP contribution in [0.2, 0.25) is 0 Å². The molecule has 2 amide bonds. The van der Waals surface area contributed by atoms with Gasteiger partial charge in [0, 0.05) is 11.8 Å². The number of nitrogens with one attached hydrogen (secondary N) is 1. The molecule has 0 radical (unpaired) electrons. The molecular formula is C25H20F2N2O3. The molecule has 0 aromatic heterocycles. The van der Waals surface area contributed by atoms with Gasteiger partial charge in [0.2, 0.25) is 0 Å². The molecule has 4 rings (SSSR count). The number of amides is 2. The summed E-state index contributed by atoms with van der Waals surface area (Å²) in [6.45, 7) is 3.80. The van der Waals surface area contributed by atoms with Crippen LogP contribution in [-0.2, 0) is 9.59 Å². The summed E-state index contributed by atoms with van der Waals surface area (Å²) in [5, 5.41) is 2.81. The summed E-state index contributed by atoms with van der Waals surface area (Å²) in [6.07, 6.45) is -0.0195. The van der Waals surface area contributed by atoms with Gasteiger partial charge in [0.15, 0.2) is 11.6 Å². The Hall–Kier alpha value is -4.00. The molecule has 0 fully saturated rings. The first-order chi connectivity index (χ1) is 15.3. The molecule has 32 heavy (non-hydrogen) atoms. The van der Waals surface area contributed by atoms with Gasteiger partial charge in [0.05, 0.1) is 17.4 Å². The van der Waals surface area contributed by atoms with E-state index in [-0.39, 0.29) is 23.1 Å². The highest BCUT2D eigenvalue weighted by molar-refractivity contribution is 6.46. The van der Waals surface area contributed by atoms with Gasteiger partial charge in [-0.1, -0.05) is 30.3 Å². The molecule has 0 bridgehead atoms. The van der Waals surface area contributed by atoms with Gasteiger partial charge in [0.1, 0.15) is 11.4 Å². The normalized spacial score (nSPS) is 13.8. The number of hydrogen-bond donors (Lipinski definition) is 1. The Morgan fingerprint density at radius 1 is 0.844 bits per heavy atom. The van der Waals surface area contributed by atoms with Crippen LogP contribution in [0.1, 0.15) is 19.4 Å². The molecule has 0 saturated carbocycles. The molecule has 0 aliphatic carbocycles. The van der Waals surface area contributed by atoms with E-state index in [1.54, 1.807) is 54.6 Å². The molecule has 1 N–H and O–H groups in total. The molecule has 1 aliphatic rings. The Morgan fingerprint density at radius 3 is 2.16 bits per heavy atom. The largest absolute Gasteiger partial charge is 0.491 e. The van der Waals surface area contributed by atoms with Gasteiger partial charge in [0.25, 0.3) is 11.8 Å². The Morgan fingerprint density at radius 2 is 1.53 bits per heavy atom. The summed E-state index contributed by atoms with van der Waals surface area (Å²) in [7, 11) is 0. The van der Waals surface area contributed by atoms with Gasteiger partial charge in [-0.2, -0.15) is 0 Å². The van der Waals surface area contributed by atoms with Crippen LogP contribution in [0.15, 0.2) is 78.5 Å². The number of benzene rings is 3. The van der Waals surface area contributed by atoms with Gasteiger partial charge in [-0.3, -0.25) is 9.59 Å². The fraction of sp³-hybridized carbons (Fsp3) is 0.120. The molecule has 1 heterocycles. The lowest BCUT2D eigenvalue weighted by Crippen LogP contribution is -2.32. The van der Waals surface area contributed by atoms with E-state index in [4.69, 9.17) is 4.74 Å². The standard InChI is InChI=1S/C25H20F2N2O3/c1-15(2)32-19-11-8-16(9-12-19)22-23(28-17-10-13-20(26)21(27)14-17)25(31)29(24(22)30)18-6-4-3-5-7-18/h3-15,28H,1-2H3. The van der Waals surface area contributed by atoms with Crippen molar-refractivity contribution in [2.24, 2.45) is 0 Å². The van der Waals surface area contributed by atoms with Crippen molar-refractivity contribution < 1.29 is 23.1 Å². The Labute approximate surface area is 183 Å². The van der Waals surface area contributed by atoms with Crippen LogP contribution in [0.25, 0.3) is 5.57 Å². The van der Waals surface area contributed by atoms with E-state index in [1.807, 2.05) is 13.8 Å². The zero-order valence-electron chi connectivity index (χ0n) is 17.4. The van der Waals surface area contributed by atoms with Crippen molar-refractivity contribution in [1.82, 2.24) is 0 Å². The number of para-hydroxylation sites is 1. The number of imide groups is 1. The van der Waals surface area contributed by atoms with Crippen LogP contribution in [0.4, 0.5) is 20.2 Å². The van der Waals surface area contributed by atoms with Crippen LogP contribution in [0.3, 0.4) is 0 Å². The molecule has 0 spiro atoms. The Bertz CT molecular complexity index is 1210. The molecule has 0 atom stereocenters. The molecular weight excluding hydrogens is 414 g/mol. The highest BCUT2D eigenvalue weighted by atomic mass is 19.2. The van der Waals surface area contributed by atoms with E-state index >= 15 is 0 Å². The Balaban J connectivity index is 1.78. The van der Waals surface area contributed by atoms with Crippen molar-refractivity contribution >= 4 is 28.8 Å². The van der Waals surface area contributed by atoms with E-state index < -0.39 is 23.4 Å². The van der Waals surface area contributed by atoms with Crippen LogP contribution in [0, 0.1) is 11.6 Å². The molecule has 162 valence electrons. The summed E-state index contributed by atoms with van der Waals surface area (Å²) < 4.78 is 32.7. The molecule has 7 heteroatoms. The first-order valence-electron chi connectivity index (χ1n) is 10.0. The van der Waals surface area contributed by atoms with Crippen molar-refractivity contribution in [2.45, 2.75) is 20.0 Å². The third-order valence-electron chi connectivity index (χ3n) is 4.80. The molecule has 0 saturated heterocycles. The zero-order chi connectivity index (χ0) is 22.8. The SMILES string of the molecule is CC(C)Oc1ccc(C2=C(Nc3ccc(F)c(F)c3)C(=O)N(c3ccccc3)C2=O)cc1. The monoisotopic (exact) mass is 434 g/mol. The molecule has 3 aromatic carbocycles. The van der Waals surface area contributed by atoms with E-state index in [2.05, 4.69) is 5.32 Å². The predicted octanol–water partition coefficient (Wildman–Crippen LogP) is 5.15. The van der Waals surface area contributed by atoms with Crippen molar-refractivity contribution in [3.05, 3.63) is 95.7 Å². The fourth-order valence-electron chi connectivity index (χ4n) is 3.42. The lowest BCUT2D eigenvalue weighted by Gasteiger charge is -2.15. The molecule has 5 nitrogen and oxygen atoms in total. The van der Waals surface area contributed by atoms with Gasteiger partial charge < -0.3 is 10.1 Å². The number of rotatable bonds is 6. The van der Waals surface area contributed by atoms with E-state index in [0.29, 0.717) is 17.0 Å². The zero-order valence-corrected chi connectivity index (χ0v) is 17.4. The van der Waals surface area contributed by atoms with Crippen LogP contribution >= 0.6 is 0 Å². The second-order valence-electron chi connectivity index (χ2n) is 7.48. The first-order valence-corrected chi connectivity index (χ1v) is 10.0. The van der Waals surface area contributed by atoms with Crippen molar-refractivity contribution in [2.75, 3.05) is 10.2 Å². The summed E-state index contributed by atoms with van der Waals surface area (Å²) in [4.78, 5) is 27.7. The first kappa shape index (κ1) is 21.2. The average molecular weight is 434 g/mol. The number of carbonyl (C=O) groups is 2. The maximum absolute atomic E-state index is 13.7. The summed E-state index contributed by atoms with van der Waals surface area (Å²) >= 11 is 0. The highest BCUT2D eigenvalue weighted by Gasteiger charge is 2.40. The predicted molar refractivity (Wildman–Crippen MR) is 118 cm³/mol. The maximum Gasteiger partial charge on any atom is 0.282 e. The van der Waals surface area contributed by atoms with Crippen molar-refractivity contribution in [3.8, 4) is 5.75 Å². The van der Waals surface area contributed by atoms with Crippen LogP contribution < -0.4 is 15.0 Å². The lowest BCUT2D eigenvalue weighted by molar-refractivity contribution is -0.120. The summed E-state index contributed by atoms with van der Waals surface area (Å²) in [6, 6.07) is 18.5. The minimum atomic E-state index is -1.07. The quantitative estimate of drug-likeness (QED) is 0.546. The smallest absolute Gasteiger partial charge is 0.282 e. The highest BCUT2D eigenvalue weighted by Crippen LogP contribution is 2.34. The average Bonchev–Trinajstić information content (AvgIpc) is 3.01. The van der Waals surface area contributed by atoms with Crippen LogP contribution in [-0.4, -0.2) is 17.9 Å². The summed E-state index contributed by atoms with van der Waals surface area (Å²) in [5.74, 6) is -2.57. The third kappa shape index (κ3) is 4.09. The number of carbonyl (C=O) groups excluding carboxylic acids is 2. The maximum atomic E-state index is 13.7. The van der Waals surface area contributed by atoms with Crippen molar-refractivity contribution in [1.29, 1.82) is 0 Å². The van der Waals surface area contributed by atoms with E-state index in [9.17, 15) is 18.4 Å².